The van der Waals surface area contributed by atoms with E-state index in [-0.39, 0.29) is 12.3 Å². The Morgan fingerprint density at radius 3 is 2.71 bits per heavy atom. The van der Waals surface area contributed by atoms with Gasteiger partial charge in [0.05, 0.1) is 29.3 Å². The van der Waals surface area contributed by atoms with E-state index in [1.165, 1.54) is 5.56 Å². The van der Waals surface area contributed by atoms with Crippen LogP contribution in [0.5, 0.6) is 0 Å². The molecule has 156 valence electrons. The highest BCUT2D eigenvalue weighted by Gasteiger charge is 2.28. The number of aryl methyl sites for hydroxylation is 2. The molecule has 1 aliphatic heterocycles. The van der Waals surface area contributed by atoms with Crippen molar-refractivity contribution in [2.75, 3.05) is 5.32 Å². The molecule has 1 N–H and O–H groups in total. The highest BCUT2D eigenvalue weighted by atomic mass is 32.2. The van der Waals surface area contributed by atoms with Crippen LogP contribution in [0.15, 0.2) is 60.7 Å². The molecule has 1 atom stereocenters. The van der Waals surface area contributed by atoms with Crippen LogP contribution < -0.4 is 5.32 Å². The summed E-state index contributed by atoms with van der Waals surface area (Å²) in [6.07, 6.45) is 0.261. The van der Waals surface area contributed by atoms with Gasteiger partial charge in [-0.25, -0.2) is 4.68 Å². The summed E-state index contributed by atoms with van der Waals surface area (Å²) in [7, 11) is -0.971. The Kier molecular flexibility index (Phi) is 4.94. The van der Waals surface area contributed by atoms with Crippen LogP contribution in [0.4, 0.5) is 5.82 Å². The van der Waals surface area contributed by atoms with E-state index in [9.17, 15) is 9.00 Å². The third kappa shape index (κ3) is 3.68. The number of hydrogen-bond donors (Lipinski definition) is 1. The Morgan fingerprint density at radius 1 is 1.06 bits per heavy atom. The third-order valence-electron chi connectivity index (χ3n) is 5.74. The Labute approximate surface area is 183 Å². The predicted octanol–water partition coefficient (Wildman–Crippen LogP) is 4.59. The Balaban J connectivity index is 1.51. The van der Waals surface area contributed by atoms with Crippen LogP contribution in [0.3, 0.4) is 0 Å². The van der Waals surface area contributed by atoms with E-state index >= 15 is 0 Å². The molecule has 0 saturated heterocycles. The number of nitrogens with one attached hydrogen (secondary N) is 1. The summed E-state index contributed by atoms with van der Waals surface area (Å²) in [6.45, 7) is 4.09. The summed E-state index contributed by atoms with van der Waals surface area (Å²) in [4.78, 5) is 13.1. The monoisotopic (exact) mass is 429 g/mol. The quantitative estimate of drug-likeness (QED) is 0.516. The van der Waals surface area contributed by atoms with Gasteiger partial charge in [0.25, 0.3) is 0 Å². The molecule has 2 heterocycles. The van der Waals surface area contributed by atoms with Gasteiger partial charge < -0.3 is 5.32 Å². The fourth-order valence-electron chi connectivity index (χ4n) is 4.27. The maximum absolute atomic E-state index is 13.1. The Hall–Kier alpha value is -3.25. The fourth-order valence-corrected chi connectivity index (χ4v) is 5.53. The minimum atomic E-state index is -0.971. The normalized spacial score (nSPS) is 15.2. The van der Waals surface area contributed by atoms with Crippen LogP contribution in [-0.2, 0) is 33.5 Å². The summed E-state index contributed by atoms with van der Waals surface area (Å²) in [6, 6.07) is 20.2. The second-order valence-electron chi connectivity index (χ2n) is 8.07. The molecule has 0 radical (unpaired) electrons. The average Bonchev–Trinajstić information content (AvgIpc) is 3.25. The number of rotatable bonds is 4. The first-order chi connectivity index (χ1) is 15.0. The number of benzene rings is 3. The number of anilines is 1. The molecular weight excluding hydrogens is 406 g/mol. The smallest absolute Gasteiger partial charge is 0.229 e. The first kappa shape index (κ1) is 19.7. The second-order valence-corrected chi connectivity index (χ2v) is 9.52. The molecular formula is C25H23N3O2S. The molecule has 0 aliphatic carbocycles. The summed E-state index contributed by atoms with van der Waals surface area (Å²) >= 11 is 0. The average molecular weight is 430 g/mol. The van der Waals surface area contributed by atoms with Crippen molar-refractivity contribution in [3.8, 4) is 5.69 Å². The van der Waals surface area contributed by atoms with Crippen LogP contribution in [-0.4, -0.2) is 19.9 Å². The zero-order valence-electron chi connectivity index (χ0n) is 17.5. The number of hydrogen-bond acceptors (Lipinski definition) is 3. The van der Waals surface area contributed by atoms with Crippen molar-refractivity contribution < 1.29 is 9.00 Å². The maximum Gasteiger partial charge on any atom is 0.229 e. The molecule has 1 aliphatic rings. The van der Waals surface area contributed by atoms with Crippen molar-refractivity contribution in [2.45, 2.75) is 31.8 Å². The lowest BCUT2D eigenvalue weighted by atomic mass is 10.0. The van der Waals surface area contributed by atoms with Crippen LogP contribution in [0.25, 0.3) is 16.5 Å². The number of aromatic nitrogens is 2. The van der Waals surface area contributed by atoms with Crippen molar-refractivity contribution >= 4 is 33.3 Å². The number of amides is 1. The van der Waals surface area contributed by atoms with Crippen LogP contribution in [0, 0.1) is 13.8 Å². The van der Waals surface area contributed by atoms with Gasteiger partial charge in [-0.2, -0.15) is 5.10 Å². The van der Waals surface area contributed by atoms with Gasteiger partial charge in [-0.3, -0.25) is 9.00 Å². The maximum atomic E-state index is 13.1. The van der Waals surface area contributed by atoms with Gasteiger partial charge >= 0.3 is 0 Å². The molecule has 1 unspecified atom stereocenters. The first-order valence-corrected chi connectivity index (χ1v) is 11.8. The van der Waals surface area contributed by atoms with Crippen molar-refractivity contribution in [1.29, 1.82) is 0 Å². The van der Waals surface area contributed by atoms with E-state index in [4.69, 9.17) is 5.10 Å². The topological polar surface area (TPSA) is 64.0 Å². The molecule has 6 heteroatoms. The molecule has 31 heavy (non-hydrogen) atoms. The summed E-state index contributed by atoms with van der Waals surface area (Å²) in [5, 5.41) is 10.0. The third-order valence-corrected chi connectivity index (χ3v) is 6.95. The number of carbonyl (C=O) groups is 1. The number of nitrogens with zero attached hydrogens (tertiary/aromatic N) is 2. The molecule has 0 fully saturated rings. The molecule has 0 saturated carbocycles. The van der Waals surface area contributed by atoms with Gasteiger partial charge in [0.1, 0.15) is 5.82 Å². The zero-order chi connectivity index (χ0) is 21.5. The molecule has 1 amide bonds. The molecule has 0 spiro atoms. The number of carbonyl (C=O) groups excluding carboxylic acids is 1. The lowest BCUT2D eigenvalue weighted by molar-refractivity contribution is -0.115. The standard InChI is InChI=1S/C25H23N3O2S/c1-16-10-11-23(17(2)12-16)28-25(21-14-31(30)15-22(21)27-28)26-24(29)13-19-8-5-7-18-6-3-4-9-20(18)19/h3-12H,13-15H2,1-2H3,(H,26,29). The summed E-state index contributed by atoms with van der Waals surface area (Å²) in [5.74, 6) is 1.38. The van der Waals surface area contributed by atoms with Gasteiger partial charge in [-0.05, 0) is 41.8 Å². The molecule has 0 bridgehead atoms. The highest BCUT2D eigenvalue weighted by Crippen LogP contribution is 2.32. The van der Waals surface area contributed by atoms with Gasteiger partial charge in [0, 0.05) is 16.4 Å². The largest absolute Gasteiger partial charge is 0.310 e. The summed E-state index contributed by atoms with van der Waals surface area (Å²) < 4.78 is 13.9. The Morgan fingerprint density at radius 2 is 1.87 bits per heavy atom. The van der Waals surface area contributed by atoms with Gasteiger partial charge in [0.2, 0.25) is 5.91 Å². The van der Waals surface area contributed by atoms with Crippen LogP contribution >= 0.6 is 0 Å². The van der Waals surface area contributed by atoms with Crippen LogP contribution in [0.1, 0.15) is 27.9 Å². The fraction of sp³-hybridized carbons (Fsp3) is 0.200. The van der Waals surface area contributed by atoms with Gasteiger partial charge in [-0.1, -0.05) is 60.2 Å². The van der Waals surface area contributed by atoms with Crippen molar-refractivity contribution in [1.82, 2.24) is 9.78 Å². The van der Waals surface area contributed by atoms with E-state index in [2.05, 4.69) is 18.3 Å². The van der Waals surface area contributed by atoms with E-state index in [1.54, 1.807) is 4.68 Å². The predicted molar refractivity (Wildman–Crippen MR) is 125 cm³/mol. The SMILES string of the molecule is Cc1ccc(-n2nc3c(c2NC(=O)Cc2cccc4ccccc24)CS(=O)C3)c(C)c1. The van der Waals surface area contributed by atoms with E-state index in [0.717, 1.165) is 38.8 Å². The van der Waals surface area contributed by atoms with Crippen molar-refractivity contribution in [2.24, 2.45) is 0 Å². The molecule has 3 aromatic carbocycles. The second kappa shape index (κ2) is 7.78. The van der Waals surface area contributed by atoms with Gasteiger partial charge in [0.15, 0.2) is 0 Å². The zero-order valence-corrected chi connectivity index (χ0v) is 18.3. The lowest BCUT2D eigenvalue weighted by Crippen LogP contribution is -2.19. The molecule has 1 aromatic heterocycles. The number of fused-ring (bicyclic) bond motifs is 2. The van der Waals surface area contributed by atoms with E-state index in [1.807, 2.05) is 61.5 Å². The van der Waals surface area contributed by atoms with E-state index in [0.29, 0.717) is 17.3 Å². The first-order valence-electron chi connectivity index (χ1n) is 10.3. The lowest BCUT2D eigenvalue weighted by Gasteiger charge is -2.14. The van der Waals surface area contributed by atoms with E-state index < -0.39 is 10.8 Å². The minimum absolute atomic E-state index is 0.109. The highest BCUT2D eigenvalue weighted by molar-refractivity contribution is 7.83. The minimum Gasteiger partial charge on any atom is -0.310 e. The van der Waals surface area contributed by atoms with Gasteiger partial charge in [-0.15, -0.1) is 0 Å². The summed E-state index contributed by atoms with van der Waals surface area (Å²) in [5.41, 5.74) is 5.83. The molecule has 5 nitrogen and oxygen atoms in total. The van der Waals surface area contributed by atoms with Crippen molar-refractivity contribution in [3.05, 3.63) is 88.6 Å². The van der Waals surface area contributed by atoms with Crippen LogP contribution in [0.2, 0.25) is 0 Å². The Bertz CT molecular complexity index is 1350. The van der Waals surface area contributed by atoms with Crippen molar-refractivity contribution in [3.63, 3.8) is 0 Å². The molecule has 4 aromatic rings. The molecule has 5 rings (SSSR count).